The smallest absolute Gasteiger partial charge is 0.191 e. The van der Waals surface area contributed by atoms with E-state index >= 15 is 0 Å². The zero-order valence-electron chi connectivity index (χ0n) is 19.3. The van der Waals surface area contributed by atoms with Crippen LogP contribution in [-0.4, -0.2) is 63.3 Å². The van der Waals surface area contributed by atoms with Crippen LogP contribution in [0.2, 0.25) is 0 Å². The summed E-state index contributed by atoms with van der Waals surface area (Å²) in [6.07, 6.45) is 3.05. The molecule has 1 aliphatic heterocycles. The second-order valence-corrected chi connectivity index (χ2v) is 8.52. The third-order valence-corrected chi connectivity index (χ3v) is 6.38. The maximum Gasteiger partial charge on any atom is 0.191 e. The molecular weight excluding hydrogens is 384 g/mol. The Balaban J connectivity index is 1.66. The largest absolute Gasteiger partial charge is 0.381 e. The summed E-state index contributed by atoms with van der Waals surface area (Å²) in [5, 5.41) is 7.00. The molecule has 1 aliphatic rings. The predicted octanol–water partition coefficient (Wildman–Crippen LogP) is 3.87. The molecule has 0 unspecified atom stereocenters. The van der Waals surface area contributed by atoms with Crippen molar-refractivity contribution in [2.75, 3.05) is 46.9 Å². The van der Waals surface area contributed by atoms with Crippen LogP contribution in [0, 0.1) is 0 Å². The van der Waals surface area contributed by atoms with Gasteiger partial charge in [0.2, 0.25) is 0 Å². The molecule has 3 rings (SSSR count). The van der Waals surface area contributed by atoms with E-state index in [2.05, 4.69) is 97.2 Å². The molecule has 0 saturated carbocycles. The Morgan fingerprint density at radius 3 is 2.06 bits per heavy atom. The fourth-order valence-electron chi connectivity index (χ4n) is 4.30. The fraction of sp³-hybridized carbons (Fsp3) is 0.500. The molecule has 1 fully saturated rings. The van der Waals surface area contributed by atoms with Crippen LogP contribution in [0.25, 0.3) is 0 Å². The quantitative estimate of drug-likeness (QED) is 0.476. The molecule has 168 valence electrons. The summed E-state index contributed by atoms with van der Waals surface area (Å²) in [6.45, 7) is 6.23. The van der Waals surface area contributed by atoms with E-state index in [-0.39, 0.29) is 5.54 Å². The summed E-state index contributed by atoms with van der Waals surface area (Å²) in [5.41, 5.74) is 2.79. The van der Waals surface area contributed by atoms with Crippen molar-refractivity contribution < 1.29 is 4.74 Å². The molecular formula is C26H38N4O. The number of aliphatic imine (C=N–C) groups is 1. The van der Waals surface area contributed by atoms with Crippen molar-refractivity contribution in [1.82, 2.24) is 15.5 Å². The topological polar surface area (TPSA) is 48.9 Å². The van der Waals surface area contributed by atoms with E-state index in [9.17, 15) is 0 Å². The highest BCUT2D eigenvalue weighted by atomic mass is 16.5. The van der Waals surface area contributed by atoms with E-state index in [0.717, 1.165) is 58.1 Å². The van der Waals surface area contributed by atoms with Crippen LogP contribution in [-0.2, 0) is 4.74 Å². The molecule has 1 saturated heterocycles. The minimum absolute atomic E-state index is 0.0806. The number of nitrogens with one attached hydrogen (secondary N) is 2. The van der Waals surface area contributed by atoms with Gasteiger partial charge in [0.05, 0.1) is 6.54 Å². The van der Waals surface area contributed by atoms with E-state index in [1.54, 1.807) is 0 Å². The molecule has 2 aromatic carbocycles. The van der Waals surface area contributed by atoms with Crippen molar-refractivity contribution in [2.24, 2.45) is 4.99 Å². The molecule has 0 aromatic heterocycles. The lowest BCUT2D eigenvalue weighted by molar-refractivity contribution is -0.00254. The fourth-order valence-corrected chi connectivity index (χ4v) is 4.30. The molecule has 31 heavy (non-hydrogen) atoms. The van der Waals surface area contributed by atoms with Gasteiger partial charge in [-0.25, -0.2) is 0 Å². The lowest BCUT2D eigenvalue weighted by Crippen LogP contribution is -2.51. The highest BCUT2D eigenvalue weighted by Gasteiger charge is 2.34. The second kappa shape index (κ2) is 11.9. The molecule has 0 atom stereocenters. The van der Waals surface area contributed by atoms with Gasteiger partial charge in [0.25, 0.3) is 0 Å². The Morgan fingerprint density at radius 1 is 0.968 bits per heavy atom. The van der Waals surface area contributed by atoms with Crippen molar-refractivity contribution >= 4 is 5.96 Å². The van der Waals surface area contributed by atoms with Gasteiger partial charge in [-0.15, -0.1) is 0 Å². The molecule has 0 radical (unpaired) electrons. The number of likely N-dealkylation sites (N-methyl/N-ethyl adjacent to an activating group) is 1. The lowest BCUT2D eigenvalue weighted by Gasteiger charge is -2.41. The van der Waals surface area contributed by atoms with Gasteiger partial charge in [-0.1, -0.05) is 60.7 Å². The first kappa shape index (κ1) is 23.3. The number of hydrogen-bond donors (Lipinski definition) is 2. The van der Waals surface area contributed by atoms with Crippen molar-refractivity contribution in [3.63, 3.8) is 0 Å². The number of rotatable bonds is 9. The highest BCUT2D eigenvalue weighted by molar-refractivity contribution is 5.79. The van der Waals surface area contributed by atoms with Crippen LogP contribution in [0.15, 0.2) is 65.7 Å². The van der Waals surface area contributed by atoms with E-state index in [0.29, 0.717) is 5.92 Å². The SMILES string of the molecule is CCNC(=NCC1(N(C)C)CCOCC1)NCCC(c1ccccc1)c1ccccc1. The maximum absolute atomic E-state index is 5.60. The Bertz CT molecular complexity index is 746. The number of nitrogens with zero attached hydrogens (tertiary/aromatic N) is 2. The minimum Gasteiger partial charge on any atom is -0.381 e. The maximum atomic E-state index is 5.60. The predicted molar refractivity (Wildman–Crippen MR) is 130 cm³/mol. The van der Waals surface area contributed by atoms with E-state index in [4.69, 9.17) is 9.73 Å². The number of benzene rings is 2. The second-order valence-electron chi connectivity index (χ2n) is 8.52. The van der Waals surface area contributed by atoms with Gasteiger partial charge < -0.3 is 20.3 Å². The summed E-state index contributed by atoms with van der Waals surface area (Å²) in [6, 6.07) is 21.6. The van der Waals surface area contributed by atoms with Crippen LogP contribution < -0.4 is 10.6 Å². The molecule has 0 aliphatic carbocycles. The van der Waals surface area contributed by atoms with Gasteiger partial charge in [0.15, 0.2) is 5.96 Å². The van der Waals surface area contributed by atoms with Gasteiger partial charge in [-0.3, -0.25) is 4.99 Å². The van der Waals surface area contributed by atoms with Crippen molar-refractivity contribution in [1.29, 1.82) is 0 Å². The zero-order chi connectivity index (χ0) is 21.9. The van der Waals surface area contributed by atoms with Crippen molar-refractivity contribution in [3.05, 3.63) is 71.8 Å². The highest BCUT2D eigenvalue weighted by Crippen LogP contribution is 2.28. The molecule has 5 nitrogen and oxygen atoms in total. The monoisotopic (exact) mass is 422 g/mol. The van der Waals surface area contributed by atoms with E-state index < -0.39 is 0 Å². The molecule has 0 amide bonds. The average molecular weight is 423 g/mol. The molecule has 0 bridgehead atoms. The van der Waals surface area contributed by atoms with E-state index in [1.165, 1.54) is 11.1 Å². The minimum atomic E-state index is 0.0806. The van der Waals surface area contributed by atoms with E-state index in [1.807, 2.05) is 0 Å². The molecule has 2 aromatic rings. The van der Waals surface area contributed by atoms with Gasteiger partial charge in [-0.2, -0.15) is 0 Å². The molecule has 2 N–H and O–H groups in total. The van der Waals surface area contributed by atoms with Crippen LogP contribution in [0.1, 0.15) is 43.2 Å². The van der Waals surface area contributed by atoms with Crippen molar-refractivity contribution in [2.45, 2.75) is 37.6 Å². The van der Waals surface area contributed by atoms with Gasteiger partial charge in [-0.05, 0) is 51.4 Å². The average Bonchev–Trinajstić information content (AvgIpc) is 2.82. The number of ether oxygens (including phenoxy) is 1. The summed E-state index contributed by atoms with van der Waals surface area (Å²) >= 11 is 0. The summed E-state index contributed by atoms with van der Waals surface area (Å²) in [7, 11) is 4.32. The summed E-state index contributed by atoms with van der Waals surface area (Å²) < 4.78 is 5.60. The molecule has 0 spiro atoms. The van der Waals surface area contributed by atoms with Crippen LogP contribution >= 0.6 is 0 Å². The van der Waals surface area contributed by atoms with Gasteiger partial charge in [0, 0.05) is 37.8 Å². The van der Waals surface area contributed by atoms with Crippen LogP contribution in [0.5, 0.6) is 0 Å². The van der Waals surface area contributed by atoms with Gasteiger partial charge >= 0.3 is 0 Å². The Hall–Kier alpha value is -2.37. The number of hydrogen-bond acceptors (Lipinski definition) is 3. The Kier molecular flexibility index (Phi) is 8.92. The lowest BCUT2D eigenvalue weighted by atomic mass is 9.88. The first-order valence-electron chi connectivity index (χ1n) is 11.5. The Morgan fingerprint density at radius 2 is 1.55 bits per heavy atom. The van der Waals surface area contributed by atoms with Gasteiger partial charge in [0.1, 0.15) is 0 Å². The first-order chi connectivity index (χ1) is 15.1. The zero-order valence-corrected chi connectivity index (χ0v) is 19.3. The first-order valence-corrected chi connectivity index (χ1v) is 11.5. The summed E-state index contributed by atoms with van der Waals surface area (Å²) in [4.78, 5) is 7.29. The summed E-state index contributed by atoms with van der Waals surface area (Å²) in [5.74, 6) is 1.26. The van der Waals surface area contributed by atoms with Crippen LogP contribution in [0.4, 0.5) is 0 Å². The third-order valence-electron chi connectivity index (χ3n) is 6.38. The third kappa shape index (κ3) is 6.55. The Labute approximate surface area is 187 Å². The molecule has 1 heterocycles. The normalized spacial score (nSPS) is 16.5. The standard InChI is InChI=1S/C26H38N4O/c1-4-27-25(29-21-26(30(2)3)16-19-31-20-17-26)28-18-15-24(22-11-7-5-8-12-22)23-13-9-6-10-14-23/h5-14,24H,4,15-21H2,1-3H3,(H2,27,28,29). The van der Waals surface area contributed by atoms with Crippen molar-refractivity contribution in [3.8, 4) is 0 Å². The molecule has 5 heteroatoms. The van der Waals surface area contributed by atoms with Crippen LogP contribution in [0.3, 0.4) is 0 Å². The number of guanidine groups is 1.